The zero-order valence-electron chi connectivity index (χ0n) is 15.2. The largest absolute Gasteiger partial charge is 0.393 e. The molecular weight excluding hydrogens is 356 g/mol. The standard InChI is InChI=1S/C18H24N2O5S/c1-18(2,26-4)15(17(23)20-24)19-16(22)13-8-5-12(6-9-13)7-10-14(11-21)25-3/h5-6,8-9,14-15,21,24H,11H2,1-4H3,(H,19,22)(H,20,23)/t14?,15-/m1/s1. The third kappa shape index (κ3) is 6.04. The zero-order chi connectivity index (χ0) is 19.7. The van der Waals surface area contributed by atoms with Gasteiger partial charge in [-0.05, 0) is 44.4 Å². The van der Waals surface area contributed by atoms with Gasteiger partial charge in [-0.1, -0.05) is 11.8 Å². The van der Waals surface area contributed by atoms with E-state index in [2.05, 4.69) is 17.2 Å². The molecule has 0 fully saturated rings. The molecule has 0 saturated heterocycles. The molecule has 0 heterocycles. The quantitative estimate of drug-likeness (QED) is 0.316. The third-order valence-corrected chi connectivity index (χ3v) is 5.13. The summed E-state index contributed by atoms with van der Waals surface area (Å²) in [7, 11) is 1.46. The second-order valence-corrected chi connectivity index (χ2v) is 7.40. The van der Waals surface area contributed by atoms with Gasteiger partial charge >= 0.3 is 0 Å². The molecule has 0 aliphatic heterocycles. The molecule has 0 bridgehead atoms. The van der Waals surface area contributed by atoms with Crippen molar-refractivity contribution >= 4 is 23.6 Å². The molecule has 142 valence electrons. The van der Waals surface area contributed by atoms with E-state index in [1.54, 1.807) is 43.6 Å². The van der Waals surface area contributed by atoms with Crippen molar-refractivity contribution in [2.75, 3.05) is 20.0 Å². The summed E-state index contributed by atoms with van der Waals surface area (Å²) in [6, 6.07) is 5.57. The Morgan fingerprint density at radius 1 is 1.31 bits per heavy atom. The van der Waals surface area contributed by atoms with E-state index in [4.69, 9.17) is 15.1 Å². The van der Waals surface area contributed by atoms with Crippen LogP contribution in [0.15, 0.2) is 24.3 Å². The number of benzene rings is 1. The van der Waals surface area contributed by atoms with E-state index in [9.17, 15) is 9.59 Å². The van der Waals surface area contributed by atoms with Crippen LogP contribution in [-0.4, -0.2) is 59.0 Å². The van der Waals surface area contributed by atoms with Crippen molar-refractivity contribution in [2.45, 2.75) is 30.7 Å². The summed E-state index contributed by atoms with van der Waals surface area (Å²) in [6.45, 7) is 3.39. The summed E-state index contributed by atoms with van der Waals surface area (Å²) in [5, 5.41) is 20.6. The first-order valence-corrected chi connectivity index (χ1v) is 9.06. The van der Waals surface area contributed by atoms with Crippen molar-refractivity contribution < 1.29 is 24.6 Å². The highest BCUT2D eigenvalue weighted by molar-refractivity contribution is 8.00. The third-order valence-electron chi connectivity index (χ3n) is 3.84. The maximum atomic E-state index is 12.4. The number of rotatable bonds is 7. The van der Waals surface area contributed by atoms with E-state index in [1.807, 2.05) is 6.26 Å². The van der Waals surface area contributed by atoms with Gasteiger partial charge in [0.1, 0.15) is 12.1 Å². The van der Waals surface area contributed by atoms with E-state index in [0.717, 1.165) is 0 Å². The number of carbonyl (C=O) groups excluding carboxylic acids is 2. The normalized spacial score (nSPS) is 13.2. The molecule has 26 heavy (non-hydrogen) atoms. The van der Waals surface area contributed by atoms with Crippen LogP contribution in [0.2, 0.25) is 0 Å². The first-order chi connectivity index (χ1) is 12.3. The molecule has 0 aliphatic carbocycles. The smallest absolute Gasteiger partial charge is 0.267 e. The van der Waals surface area contributed by atoms with Crippen LogP contribution in [0, 0.1) is 11.8 Å². The maximum Gasteiger partial charge on any atom is 0.267 e. The van der Waals surface area contributed by atoms with Crippen LogP contribution in [0.4, 0.5) is 0 Å². The van der Waals surface area contributed by atoms with Crippen LogP contribution in [0.1, 0.15) is 29.8 Å². The second kappa shape index (κ2) is 10.2. The number of thioether (sulfide) groups is 1. The summed E-state index contributed by atoms with van der Waals surface area (Å²) in [6.07, 6.45) is 1.25. The van der Waals surface area contributed by atoms with Crippen molar-refractivity contribution in [3.63, 3.8) is 0 Å². The summed E-state index contributed by atoms with van der Waals surface area (Å²) < 4.78 is 4.34. The van der Waals surface area contributed by atoms with Crippen LogP contribution in [0.25, 0.3) is 0 Å². The number of carbonyl (C=O) groups is 2. The van der Waals surface area contributed by atoms with Gasteiger partial charge in [0.25, 0.3) is 11.8 Å². The van der Waals surface area contributed by atoms with Gasteiger partial charge in [0.2, 0.25) is 0 Å². The monoisotopic (exact) mass is 380 g/mol. The zero-order valence-corrected chi connectivity index (χ0v) is 16.0. The van der Waals surface area contributed by atoms with Gasteiger partial charge in [0.05, 0.1) is 6.61 Å². The van der Waals surface area contributed by atoms with Crippen molar-refractivity contribution in [1.29, 1.82) is 0 Å². The Balaban J connectivity index is 2.91. The van der Waals surface area contributed by atoms with Crippen LogP contribution in [0.3, 0.4) is 0 Å². The fourth-order valence-electron chi connectivity index (χ4n) is 2.00. The lowest BCUT2D eigenvalue weighted by Crippen LogP contribution is -2.55. The molecule has 0 aromatic heterocycles. The topological polar surface area (TPSA) is 108 Å². The lowest BCUT2D eigenvalue weighted by atomic mass is 10.0. The predicted octanol–water partition coefficient (Wildman–Crippen LogP) is 0.791. The van der Waals surface area contributed by atoms with Crippen molar-refractivity contribution in [2.24, 2.45) is 0 Å². The number of amides is 2. The van der Waals surface area contributed by atoms with Crippen LogP contribution in [-0.2, 0) is 9.53 Å². The fraction of sp³-hybridized carbons (Fsp3) is 0.444. The van der Waals surface area contributed by atoms with Crippen LogP contribution >= 0.6 is 11.8 Å². The van der Waals surface area contributed by atoms with Crippen molar-refractivity contribution in [3.05, 3.63) is 35.4 Å². The number of hydroxylamine groups is 1. The Morgan fingerprint density at radius 2 is 1.92 bits per heavy atom. The Kier molecular flexibility index (Phi) is 8.61. The van der Waals surface area contributed by atoms with Crippen LogP contribution in [0.5, 0.6) is 0 Å². The maximum absolute atomic E-state index is 12.4. The highest BCUT2D eigenvalue weighted by Gasteiger charge is 2.36. The van der Waals surface area contributed by atoms with E-state index in [1.165, 1.54) is 18.9 Å². The molecule has 1 aromatic carbocycles. The molecule has 4 N–H and O–H groups in total. The Hall–Kier alpha value is -2.05. The average Bonchev–Trinajstić information content (AvgIpc) is 2.66. The Labute approximate surface area is 157 Å². The molecule has 0 radical (unpaired) electrons. The molecule has 1 rings (SSSR count). The van der Waals surface area contributed by atoms with E-state index >= 15 is 0 Å². The number of hydrogen-bond acceptors (Lipinski definition) is 6. The van der Waals surface area contributed by atoms with Crippen LogP contribution < -0.4 is 10.8 Å². The number of ether oxygens (including phenoxy) is 1. The minimum atomic E-state index is -0.915. The lowest BCUT2D eigenvalue weighted by molar-refractivity contribution is -0.131. The molecule has 0 aliphatic rings. The molecule has 0 spiro atoms. The van der Waals surface area contributed by atoms with Gasteiger partial charge in [-0.3, -0.25) is 14.8 Å². The van der Waals surface area contributed by atoms with Gasteiger partial charge in [-0.15, -0.1) is 0 Å². The minimum absolute atomic E-state index is 0.205. The van der Waals surface area contributed by atoms with E-state index < -0.39 is 28.7 Å². The first kappa shape index (κ1) is 22.0. The molecule has 2 atom stereocenters. The lowest BCUT2D eigenvalue weighted by Gasteiger charge is -2.31. The Morgan fingerprint density at radius 3 is 2.38 bits per heavy atom. The van der Waals surface area contributed by atoms with Crippen molar-refractivity contribution in [1.82, 2.24) is 10.8 Å². The Bertz CT molecular complexity index is 675. The fourth-order valence-corrected chi connectivity index (χ4v) is 2.40. The summed E-state index contributed by atoms with van der Waals surface area (Å²) in [5.41, 5.74) is 2.61. The highest BCUT2D eigenvalue weighted by Crippen LogP contribution is 2.26. The number of hydrogen-bond donors (Lipinski definition) is 4. The number of aliphatic hydroxyl groups is 1. The molecule has 2 amide bonds. The summed E-state index contributed by atoms with van der Waals surface area (Å²) in [5.74, 6) is 4.48. The molecular formula is C18H24N2O5S. The molecule has 8 heteroatoms. The minimum Gasteiger partial charge on any atom is -0.393 e. The van der Waals surface area contributed by atoms with E-state index in [0.29, 0.717) is 11.1 Å². The van der Waals surface area contributed by atoms with Crippen molar-refractivity contribution in [3.8, 4) is 11.8 Å². The molecule has 7 nitrogen and oxygen atoms in total. The van der Waals surface area contributed by atoms with E-state index in [-0.39, 0.29) is 6.61 Å². The summed E-state index contributed by atoms with van der Waals surface area (Å²) >= 11 is 1.39. The van der Waals surface area contributed by atoms with Gasteiger partial charge in [-0.25, -0.2) is 5.48 Å². The SMILES string of the molecule is COC(C#Cc1ccc(C(=O)N[C@H](C(=O)NO)C(C)(C)SC)cc1)CO. The second-order valence-electron chi connectivity index (χ2n) is 5.94. The van der Waals surface area contributed by atoms with Gasteiger partial charge < -0.3 is 15.2 Å². The average molecular weight is 380 g/mol. The molecule has 0 saturated carbocycles. The van der Waals surface area contributed by atoms with Gasteiger partial charge in [0.15, 0.2) is 0 Å². The predicted molar refractivity (Wildman–Crippen MR) is 100.0 cm³/mol. The van der Waals surface area contributed by atoms with Gasteiger partial charge in [0, 0.05) is 23.0 Å². The number of nitrogens with one attached hydrogen (secondary N) is 2. The summed E-state index contributed by atoms with van der Waals surface area (Å²) in [4.78, 5) is 24.3. The molecule has 1 aromatic rings. The first-order valence-electron chi connectivity index (χ1n) is 7.84. The highest BCUT2D eigenvalue weighted by atomic mass is 32.2. The number of methoxy groups -OCH3 is 1. The van der Waals surface area contributed by atoms with Gasteiger partial charge in [-0.2, -0.15) is 11.8 Å². The number of aliphatic hydroxyl groups excluding tert-OH is 1. The molecule has 1 unspecified atom stereocenters.